The third-order valence-electron chi connectivity index (χ3n) is 4.19. The van der Waals surface area contributed by atoms with Gasteiger partial charge in [0.2, 0.25) is 0 Å². The first kappa shape index (κ1) is 18.5. The normalized spacial score (nSPS) is 10.3. The van der Waals surface area contributed by atoms with Crippen molar-refractivity contribution in [2.45, 2.75) is 13.3 Å². The molecule has 3 rings (SSSR count). The molecule has 0 bridgehead atoms. The van der Waals surface area contributed by atoms with Crippen LogP contribution in [-0.4, -0.2) is 24.5 Å². The number of rotatable bonds is 7. The molecule has 0 aliphatic rings. The maximum Gasteiger partial charge on any atom is 0.255 e. The summed E-state index contributed by atoms with van der Waals surface area (Å²) in [6.07, 6.45) is 2.47. The maximum absolute atomic E-state index is 12.4. The topological polar surface area (TPSA) is 63.2 Å². The van der Waals surface area contributed by atoms with Crippen molar-refractivity contribution in [3.63, 3.8) is 0 Å². The van der Waals surface area contributed by atoms with E-state index >= 15 is 0 Å². The predicted octanol–water partition coefficient (Wildman–Crippen LogP) is 4.31. The van der Waals surface area contributed by atoms with Crippen molar-refractivity contribution in [2.24, 2.45) is 0 Å². The van der Waals surface area contributed by atoms with E-state index in [0.29, 0.717) is 17.9 Å². The molecule has 2 aromatic carbocycles. The first-order valence-electron chi connectivity index (χ1n) is 8.85. The van der Waals surface area contributed by atoms with Crippen molar-refractivity contribution >= 4 is 17.4 Å². The van der Waals surface area contributed by atoms with Gasteiger partial charge >= 0.3 is 0 Å². The zero-order valence-electron chi connectivity index (χ0n) is 15.5. The van der Waals surface area contributed by atoms with Gasteiger partial charge in [0.25, 0.3) is 5.91 Å². The Labute approximate surface area is 159 Å². The van der Waals surface area contributed by atoms with Crippen LogP contribution in [-0.2, 0) is 6.42 Å². The number of amides is 1. The van der Waals surface area contributed by atoms with E-state index in [-0.39, 0.29) is 5.91 Å². The van der Waals surface area contributed by atoms with Gasteiger partial charge in [0.05, 0.1) is 7.11 Å². The molecule has 5 nitrogen and oxygen atoms in total. The Morgan fingerprint density at radius 1 is 1.07 bits per heavy atom. The summed E-state index contributed by atoms with van der Waals surface area (Å²) >= 11 is 0. The monoisotopic (exact) mass is 361 g/mol. The third-order valence-corrected chi connectivity index (χ3v) is 4.19. The molecule has 0 aliphatic carbocycles. The number of methoxy groups -OCH3 is 1. The van der Waals surface area contributed by atoms with Crippen molar-refractivity contribution in [2.75, 3.05) is 24.3 Å². The number of ether oxygens (including phenoxy) is 1. The molecule has 0 saturated carbocycles. The first-order chi connectivity index (χ1) is 13.1. The molecule has 0 radical (unpaired) electrons. The number of aromatic nitrogens is 1. The van der Waals surface area contributed by atoms with E-state index in [1.165, 1.54) is 5.56 Å². The second-order valence-electron chi connectivity index (χ2n) is 6.28. The highest BCUT2D eigenvalue weighted by Crippen LogP contribution is 2.14. The summed E-state index contributed by atoms with van der Waals surface area (Å²) in [7, 11) is 1.66. The lowest BCUT2D eigenvalue weighted by Crippen LogP contribution is -2.13. The van der Waals surface area contributed by atoms with Gasteiger partial charge in [0.15, 0.2) is 0 Å². The van der Waals surface area contributed by atoms with Gasteiger partial charge in [-0.25, -0.2) is 4.98 Å². The Bertz CT molecular complexity index is 907. The van der Waals surface area contributed by atoms with Crippen molar-refractivity contribution < 1.29 is 9.53 Å². The number of pyridine rings is 1. The van der Waals surface area contributed by atoms with Crippen LogP contribution < -0.4 is 15.4 Å². The SMILES string of the molecule is COc1cccc(CCNc2cc(C(=O)Nc3ccc(C)cc3)ccn2)c1. The molecular weight excluding hydrogens is 338 g/mol. The van der Waals surface area contributed by atoms with Crippen LogP contribution in [0, 0.1) is 6.92 Å². The summed E-state index contributed by atoms with van der Waals surface area (Å²) in [5, 5.41) is 6.16. The highest BCUT2D eigenvalue weighted by molar-refractivity contribution is 6.04. The van der Waals surface area contributed by atoms with Crippen LogP contribution in [0.1, 0.15) is 21.5 Å². The molecule has 5 heteroatoms. The largest absolute Gasteiger partial charge is 0.497 e. The lowest BCUT2D eigenvalue weighted by Gasteiger charge is -2.09. The van der Waals surface area contributed by atoms with E-state index in [1.54, 1.807) is 25.4 Å². The van der Waals surface area contributed by atoms with Crippen LogP contribution in [0.25, 0.3) is 0 Å². The second-order valence-corrected chi connectivity index (χ2v) is 6.28. The number of nitrogens with one attached hydrogen (secondary N) is 2. The number of carbonyl (C=O) groups excluding carboxylic acids is 1. The molecule has 3 aromatic rings. The minimum atomic E-state index is -0.155. The number of hydrogen-bond donors (Lipinski definition) is 2. The zero-order valence-corrected chi connectivity index (χ0v) is 15.5. The summed E-state index contributed by atoms with van der Waals surface area (Å²) < 4.78 is 5.24. The Hall–Kier alpha value is -3.34. The fraction of sp³-hybridized carbons (Fsp3) is 0.182. The van der Waals surface area contributed by atoms with Crippen LogP contribution in [0.2, 0.25) is 0 Å². The Morgan fingerprint density at radius 2 is 1.89 bits per heavy atom. The van der Waals surface area contributed by atoms with Gasteiger partial charge in [-0.1, -0.05) is 29.8 Å². The van der Waals surface area contributed by atoms with Crippen LogP contribution in [0.3, 0.4) is 0 Å². The Kier molecular flexibility index (Phi) is 6.05. The van der Waals surface area contributed by atoms with Gasteiger partial charge in [0, 0.05) is 24.0 Å². The number of anilines is 2. The lowest BCUT2D eigenvalue weighted by atomic mass is 10.1. The van der Waals surface area contributed by atoms with Gasteiger partial charge in [-0.3, -0.25) is 4.79 Å². The minimum Gasteiger partial charge on any atom is -0.497 e. The summed E-state index contributed by atoms with van der Waals surface area (Å²) in [6.45, 7) is 2.72. The predicted molar refractivity (Wildman–Crippen MR) is 109 cm³/mol. The standard InChI is InChI=1S/C22H23N3O2/c1-16-6-8-19(9-7-16)25-22(26)18-11-13-24-21(15-18)23-12-10-17-4-3-5-20(14-17)27-2/h3-9,11,13-15H,10,12H2,1-2H3,(H,23,24)(H,25,26). The Balaban J connectivity index is 1.57. The second kappa shape index (κ2) is 8.85. The molecule has 2 N–H and O–H groups in total. The average molecular weight is 361 g/mol. The van der Waals surface area contributed by atoms with Gasteiger partial charge in [-0.15, -0.1) is 0 Å². The fourth-order valence-electron chi connectivity index (χ4n) is 2.67. The molecule has 0 spiro atoms. The number of hydrogen-bond acceptors (Lipinski definition) is 4. The minimum absolute atomic E-state index is 0.155. The summed E-state index contributed by atoms with van der Waals surface area (Å²) in [5.74, 6) is 1.37. The molecule has 0 atom stereocenters. The van der Waals surface area contributed by atoms with Crippen LogP contribution in [0.15, 0.2) is 66.9 Å². The zero-order chi connectivity index (χ0) is 19.1. The van der Waals surface area contributed by atoms with Crippen molar-refractivity contribution in [3.8, 4) is 5.75 Å². The van der Waals surface area contributed by atoms with Crippen LogP contribution >= 0.6 is 0 Å². The molecule has 0 aliphatic heterocycles. The number of carbonyl (C=O) groups is 1. The van der Waals surface area contributed by atoms with Crippen molar-refractivity contribution in [1.29, 1.82) is 0 Å². The summed E-state index contributed by atoms with van der Waals surface area (Å²) in [5.41, 5.74) is 3.67. The molecule has 0 unspecified atom stereocenters. The van der Waals surface area contributed by atoms with Crippen molar-refractivity contribution in [1.82, 2.24) is 4.98 Å². The van der Waals surface area contributed by atoms with E-state index in [2.05, 4.69) is 21.7 Å². The fourth-order valence-corrected chi connectivity index (χ4v) is 2.67. The molecule has 1 heterocycles. The van der Waals surface area contributed by atoms with E-state index in [0.717, 1.165) is 23.4 Å². The van der Waals surface area contributed by atoms with Gasteiger partial charge in [0.1, 0.15) is 11.6 Å². The highest BCUT2D eigenvalue weighted by atomic mass is 16.5. The van der Waals surface area contributed by atoms with Crippen LogP contribution in [0.4, 0.5) is 11.5 Å². The van der Waals surface area contributed by atoms with Crippen LogP contribution in [0.5, 0.6) is 5.75 Å². The average Bonchev–Trinajstić information content (AvgIpc) is 2.70. The van der Waals surface area contributed by atoms with Gasteiger partial charge < -0.3 is 15.4 Å². The number of nitrogens with zero attached hydrogens (tertiary/aromatic N) is 1. The molecule has 1 amide bonds. The van der Waals surface area contributed by atoms with Gasteiger partial charge in [-0.05, 0) is 55.3 Å². The molecule has 0 saturated heterocycles. The summed E-state index contributed by atoms with van der Waals surface area (Å²) in [6, 6.07) is 19.2. The summed E-state index contributed by atoms with van der Waals surface area (Å²) in [4.78, 5) is 16.7. The first-order valence-corrected chi connectivity index (χ1v) is 8.85. The Morgan fingerprint density at radius 3 is 2.67 bits per heavy atom. The van der Waals surface area contributed by atoms with E-state index in [9.17, 15) is 4.79 Å². The molecule has 27 heavy (non-hydrogen) atoms. The third kappa shape index (κ3) is 5.31. The molecular formula is C22H23N3O2. The lowest BCUT2D eigenvalue weighted by molar-refractivity contribution is 0.102. The molecule has 0 fully saturated rings. The highest BCUT2D eigenvalue weighted by Gasteiger charge is 2.07. The van der Waals surface area contributed by atoms with Crippen molar-refractivity contribution in [3.05, 3.63) is 83.6 Å². The van der Waals surface area contributed by atoms with E-state index in [1.807, 2.05) is 49.4 Å². The smallest absolute Gasteiger partial charge is 0.255 e. The van der Waals surface area contributed by atoms with E-state index < -0.39 is 0 Å². The quantitative estimate of drug-likeness (QED) is 0.658. The van der Waals surface area contributed by atoms with E-state index in [4.69, 9.17) is 4.74 Å². The number of aryl methyl sites for hydroxylation is 1. The van der Waals surface area contributed by atoms with Gasteiger partial charge in [-0.2, -0.15) is 0 Å². The molecule has 1 aromatic heterocycles. The number of benzene rings is 2. The maximum atomic E-state index is 12.4. The molecule has 138 valence electrons.